The van der Waals surface area contributed by atoms with Crippen LogP contribution >= 0.6 is 23.1 Å². The number of hydrogen-bond acceptors (Lipinski definition) is 4. The van der Waals surface area contributed by atoms with Crippen LogP contribution in [-0.2, 0) is 6.42 Å². The minimum absolute atomic E-state index is 0.0314. The van der Waals surface area contributed by atoms with Gasteiger partial charge in [0.25, 0.3) is 0 Å². The van der Waals surface area contributed by atoms with E-state index in [1.54, 1.807) is 6.07 Å². The van der Waals surface area contributed by atoms with Gasteiger partial charge in [-0.2, -0.15) is 13.2 Å². The number of hydrogen-bond donors (Lipinski definition) is 1. The summed E-state index contributed by atoms with van der Waals surface area (Å²) >= 11 is 0.888. The number of carbonyl (C=O) groups is 1. The molecule has 102 valence electrons. The van der Waals surface area contributed by atoms with Gasteiger partial charge >= 0.3 is 11.5 Å². The SMILES string of the molecule is CCc1cc(OCCSC(F)(F)F)c(C(=O)O)s1. The van der Waals surface area contributed by atoms with E-state index in [2.05, 4.69) is 0 Å². The van der Waals surface area contributed by atoms with Crippen molar-refractivity contribution in [3.8, 4) is 5.75 Å². The van der Waals surface area contributed by atoms with Crippen LogP contribution in [0.15, 0.2) is 6.07 Å². The topological polar surface area (TPSA) is 46.5 Å². The van der Waals surface area contributed by atoms with Gasteiger partial charge in [-0.3, -0.25) is 0 Å². The van der Waals surface area contributed by atoms with Gasteiger partial charge in [0.2, 0.25) is 0 Å². The Labute approximate surface area is 110 Å². The van der Waals surface area contributed by atoms with Crippen molar-refractivity contribution < 1.29 is 27.8 Å². The van der Waals surface area contributed by atoms with Gasteiger partial charge in [0.05, 0.1) is 6.61 Å². The first-order valence-electron chi connectivity index (χ1n) is 5.03. The fraction of sp³-hybridized carbons (Fsp3) is 0.500. The molecule has 0 spiro atoms. The van der Waals surface area contributed by atoms with Crippen molar-refractivity contribution in [2.24, 2.45) is 0 Å². The lowest BCUT2D eigenvalue weighted by atomic mass is 10.3. The van der Waals surface area contributed by atoms with Gasteiger partial charge in [0, 0.05) is 10.6 Å². The number of rotatable bonds is 6. The van der Waals surface area contributed by atoms with E-state index in [9.17, 15) is 18.0 Å². The van der Waals surface area contributed by atoms with Crippen LogP contribution in [0.2, 0.25) is 0 Å². The van der Waals surface area contributed by atoms with Gasteiger partial charge in [-0.15, -0.1) is 11.3 Å². The number of carboxylic acids is 1. The predicted molar refractivity (Wildman–Crippen MR) is 64.7 cm³/mol. The van der Waals surface area contributed by atoms with E-state index in [1.807, 2.05) is 6.92 Å². The second-order valence-corrected chi connectivity index (χ2v) is 5.50. The number of thiophene rings is 1. The Morgan fingerprint density at radius 2 is 2.22 bits per heavy atom. The molecule has 1 heterocycles. The number of aryl methyl sites for hydroxylation is 1. The van der Waals surface area contributed by atoms with E-state index in [0.717, 1.165) is 16.2 Å². The largest absolute Gasteiger partial charge is 0.491 e. The molecule has 0 saturated carbocycles. The van der Waals surface area contributed by atoms with Crippen LogP contribution in [0.25, 0.3) is 0 Å². The Bertz CT molecular complexity index is 415. The van der Waals surface area contributed by atoms with Crippen LogP contribution in [-0.4, -0.2) is 28.9 Å². The number of halogens is 3. The zero-order chi connectivity index (χ0) is 13.8. The molecule has 3 nitrogen and oxygen atoms in total. The average molecular weight is 300 g/mol. The van der Waals surface area contributed by atoms with Gasteiger partial charge in [-0.25, -0.2) is 4.79 Å². The van der Waals surface area contributed by atoms with Crippen LogP contribution in [0.3, 0.4) is 0 Å². The normalized spacial score (nSPS) is 11.6. The highest BCUT2D eigenvalue weighted by Gasteiger charge is 2.27. The van der Waals surface area contributed by atoms with E-state index in [0.29, 0.717) is 6.42 Å². The molecule has 1 rings (SSSR count). The molecule has 1 N–H and O–H groups in total. The molecule has 0 aromatic carbocycles. The highest BCUT2D eigenvalue weighted by molar-refractivity contribution is 8.00. The van der Waals surface area contributed by atoms with Gasteiger partial charge in [-0.05, 0) is 24.2 Å². The van der Waals surface area contributed by atoms with Crippen molar-refractivity contribution in [2.45, 2.75) is 18.9 Å². The highest BCUT2D eigenvalue weighted by Crippen LogP contribution is 2.32. The lowest BCUT2D eigenvalue weighted by molar-refractivity contribution is -0.0329. The van der Waals surface area contributed by atoms with Crippen LogP contribution in [0, 0.1) is 0 Å². The third-order valence-electron chi connectivity index (χ3n) is 1.90. The maximum Gasteiger partial charge on any atom is 0.441 e. The lowest BCUT2D eigenvalue weighted by Gasteiger charge is -2.07. The molecule has 0 aliphatic carbocycles. The molecule has 8 heteroatoms. The summed E-state index contributed by atoms with van der Waals surface area (Å²) in [7, 11) is 0. The van der Waals surface area contributed by atoms with E-state index in [1.165, 1.54) is 0 Å². The van der Waals surface area contributed by atoms with Crippen molar-refractivity contribution in [1.29, 1.82) is 0 Å². The summed E-state index contributed by atoms with van der Waals surface area (Å²) in [4.78, 5) is 11.7. The lowest BCUT2D eigenvalue weighted by Crippen LogP contribution is -2.08. The molecule has 18 heavy (non-hydrogen) atoms. The molecular weight excluding hydrogens is 289 g/mol. The number of thioether (sulfide) groups is 1. The van der Waals surface area contributed by atoms with Gasteiger partial charge in [0.15, 0.2) is 4.88 Å². The summed E-state index contributed by atoms with van der Waals surface area (Å²) < 4.78 is 40.7. The third-order valence-corrected chi connectivity index (χ3v) is 3.85. The fourth-order valence-corrected chi connectivity index (χ4v) is 2.44. The van der Waals surface area contributed by atoms with Crippen molar-refractivity contribution >= 4 is 29.1 Å². The Kier molecular flexibility index (Phi) is 5.33. The molecule has 0 atom stereocenters. The third kappa shape index (κ3) is 4.77. The van der Waals surface area contributed by atoms with E-state index < -0.39 is 11.5 Å². The summed E-state index contributed by atoms with van der Waals surface area (Å²) in [5.41, 5.74) is -4.29. The summed E-state index contributed by atoms with van der Waals surface area (Å²) in [6.07, 6.45) is 0.658. The summed E-state index contributed by atoms with van der Waals surface area (Å²) in [5.74, 6) is -1.25. The summed E-state index contributed by atoms with van der Waals surface area (Å²) in [6, 6.07) is 1.56. The second kappa shape index (κ2) is 6.33. The minimum atomic E-state index is -4.29. The molecule has 0 radical (unpaired) electrons. The first-order chi connectivity index (χ1) is 8.33. The molecule has 0 saturated heterocycles. The van der Waals surface area contributed by atoms with Crippen LogP contribution in [0.4, 0.5) is 13.2 Å². The quantitative estimate of drug-likeness (QED) is 0.815. The summed E-state index contributed by atoms with van der Waals surface area (Å²) in [5, 5.41) is 8.91. The Balaban J connectivity index is 2.56. The first-order valence-corrected chi connectivity index (χ1v) is 6.83. The maximum absolute atomic E-state index is 11.9. The maximum atomic E-state index is 11.9. The number of carboxylic acid groups (broad SMARTS) is 1. The number of ether oxygens (including phenoxy) is 1. The highest BCUT2D eigenvalue weighted by atomic mass is 32.2. The van der Waals surface area contributed by atoms with Gasteiger partial charge in [-0.1, -0.05) is 6.92 Å². The van der Waals surface area contributed by atoms with Gasteiger partial charge in [0.1, 0.15) is 5.75 Å². The van der Waals surface area contributed by atoms with Crippen LogP contribution in [0.1, 0.15) is 21.5 Å². The van der Waals surface area contributed by atoms with Crippen molar-refractivity contribution in [1.82, 2.24) is 0 Å². The molecular formula is C10H11F3O3S2. The molecule has 0 bridgehead atoms. The van der Waals surface area contributed by atoms with Crippen molar-refractivity contribution in [2.75, 3.05) is 12.4 Å². The smallest absolute Gasteiger partial charge is 0.441 e. The van der Waals surface area contributed by atoms with E-state index >= 15 is 0 Å². The molecule has 0 fully saturated rings. The van der Waals surface area contributed by atoms with E-state index in [4.69, 9.17) is 9.84 Å². The standard InChI is InChI=1S/C10H11F3O3S2/c1-2-6-5-7(8(18-6)9(14)15)16-3-4-17-10(11,12)13/h5H,2-4H2,1H3,(H,14,15). The molecule has 0 amide bonds. The average Bonchev–Trinajstić information content (AvgIpc) is 2.66. The van der Waals surface area contributed by atoms with Crippen LogP contribution in [0.5, 0.6) is 5.75 Å². The second-order valence-electron chi connectivity index (χ2n) is 3.21. The monoisotopic (exact) mass is 300 g/mol. The molecule has 0 unspecified atom stereocenters. The van der Waals surface area contributed by atoms with Gasteiger partial charge < -0.3 is 9.84 Å². The first kappa shape index (κ1) is 15.2. The Morgan fingerprint density at radius 3 is 2.72 bits per heavy atom. The molecule has 0 aliphatic rings. The zero-order valence-electron chi connectivity index (χ0n) is 9.41. The number of aromatic carboxylic acids is 1. The number of alkyl halides is 3. The predicted octanol–water partition coefficient (Wildman–Crippen LogP) is 3.64. The van der Waals surface area contributed by atoms with Crippen LogP contribution < -0.4 is 4.74 Å². The molecule has 1 aromatic rings. The fourth-order valence-electron chi connectivity index (χ4n) is 1.16. The molecule has 0 aliphatic heterocycles. The Hall–Kier alpha value is -0.890. The van der Waals surface area contributed by atoms with E-state index in [-0.39, 0.29) is 34.7 Å². The zero-order valence-corrected chi connectivity index (χ0v) is 11.0. The van der Waals surface area contributed by atoms with Crippen molar-refractivity contribution in [3.63, 3.8) is 0 Å². The molecule has 1 aromatic heterocycles. The minimum Gasteiger partial charge on any atom is -0.491 e. The van der Waals surface area contributed by atoms with Crippen molar-refractivity contribution in [3.05, 3.63) is 15.8 Å². The Morgan fingerprint density at radius 1 is 1.56 bits per heavy atom. The summed E-state index contributed by atoms with van der Waals surface area (Å²) in [6.45, 7) is 1.69.